The van der Waals surface area contributed by atoms with Gasteiger partial charge in [0.2, 0.25) is 0 Å². The van der Waals surface area contributed by atoms with Gasteiger partial charge < -0.3 is 15.7 Å². The van der Waals surface area contributed by atoms with Crippen LogP contribution in [0.1, 0.15) is 6.42 Å². The molecule has 0 aromatic heterocycles. The average Bonchev–Trinajstić information content (AvgIpc) is 2.61. The Morgan fingerprint density at radius 2 is 1.94 bits per heavy atom. The smallest absolute Gasteiger partial charge is 0.319 e. The standard InChI is InChI=1S/C11H14N2O4S/c14-10-3-1-8(2-4-10)12-11(15)13-9-5-6-18(16,17)7-9/h1-4,9,14H,5-7H2,(H2,12,13,15)/t9-/m1/s1. The summed E-state index contributed by atoms with van der Waals surface area (Å²) in [5.41, 5.74) is 0.533. The molecule has 98 valence electrons. The van der Waals surface area contributed by atoms with Crippen molar-refractivity contribution in [2.24, 2.45) is 0 Å². The molecule has 1 saturated heterocycles. The number of anilines is 1. The van der Waals surface area contributed by atoms with Crippen molar-refractivity contribution in [3.63, 3.8) is 0 Å². The predicted molar refractivity (Wildman–Crippen MR) is 67.3 cm³/mol. The van der Waals surface area contributed by atoms with E-state index in [1.54, 1.807) is 12.1 Å². The summed E-state index contributed by atoms with van der Waals surface area (Å²) in [5.74, 6) is 0.232. The molecule has 6 nitrogen and oxygen atoms in total. The molecule has 0 saturated carbocycles. The zero-order valence-corrected chi connectivity index (χ0v) is 10.4. The number of phenolic OH excluding ortho intramolecular Hbond substituents is 1. The zero-order chi connectivity index (χ0) is 13.2. The third-order valence-corrected chi connectivity index (χ3v) is 4.46. The summed E-state index contributed by atoms with van der Waals surface area (Å²) < 4.78 is 22.4. The molecule has 1 aliphatic rings. The van der Waals surface area contributed by atoms with Crippen molar-refractivity contribution >= 4 is 21.6 Å². The van der Waals surface area contributed by atoms with E-state index < -0.39 is 15.9 Å². The number of benzene rings is 1. The Morgan fingerprint density at radius 3 is 2.50 bits per heavy atom. The maximum atomic E-state index is 11.6. The van der Waals surface area contributed by atoms with E-state index >= 15 is 0 Å². The van der Waals surface area contributed by atoms with E-state index in [1.165, 1.54) is 12.1 Å². The molecule has 0 aliphatic carbocycles. The summed E-state index contributed by atoms with van der Waals surface area (Å²) in [5, 5.41) is 14.3. The van der Waals surface area contributed by atoms with Crippen LogP contribution in [0.2, 0.25) is 0 Å². The Bertz CT molecular complexity index is 539. The fraction of sp³-hybridized carbons (Fsp3) is 0.364. The molecule has 0 spiro atoms. The summed E-state index contributed by atoms with van der Waals surface area (Å²) in [6.45, 7) is 0. The lowest BCUT2D eigenvalue weighted by Gasteiger charge is -2.11. The first kappa shape index (κ1) is 12.7. The number of sulfone groups is 1. The number of carbonyl (C=O) groups is 1. The summed E-state index contributed by atoms with van der Waals surface area (Å²) in [6, 6.07) is 5.25. The van der Waals surface area contributed by atoms with Crippen LogP contribution >= 0.6 is 0 Å². The van der Waals surface area contributed by atoms with Gasteiger partial charge in [-0.15, -0.1) is 0 Å². The molecule has 0 unspecified atom stereocenters. The van der Waals surface area contributed by atoms with Crippen LogP contribution in [0.15, 0.2) is 24.3 Å². The molecule has 0 radical (unpaired) electrons. The van der Waals surface area contributed by atoms with Crippen molar-refractivity contribution in [2.75, 3.05) is 16.8 Å². The van der Waals surface area contributed by atoms with E-state index in [0.29, 0.717) is 12.1 Å². The molecular weight excluding hydrogens is 256 g/mol. The summed E-state index contributed by atoms with van der Waals surface area (Å²) in [7, 11) is -3.00. The normalized spacial score (nSPS) is 21.4. The van der Waals surface area contributed by atoms with E-state index in [9.17, 15) is 13.2 Å². The molecular formula is C11H14N2O4S. The van der Waals surface area contributed by atoms with Crippen LogP contribution < -0.4 is 10.6 Å². The summed E-state index contributed by atoms with van der Waals surface area (Å²) >= 11 is 0. The van der Waals surface area contributed by atoms with E-state index in [-0.39, 0.29) is 23.3 Å². The van der Waals surface area contributed by atoms with Crippen LogP contribution in [0.25, 0.3) is 0 Å². The molecule has 18 heavy (non-hydrogen) atoms. The van der Waals surface area contributed by atoms with Crippen molar-refractivity contribution in [2.45, 2.75) is 12.5 Å². The SMILES string of the molecule is O=C(Nc1ccc(O)cc1)N[C@@H]1CCS(=O)(=O)C1. The van der Waals surface area contributed by atoms with Gasteiger partial charge in [-0.05, 0) is 30.7 Å². The Kier molecular flexibility index (Phi) is 3.42. The lowest BCUT2D eigenvalue weighted by Crippen LogP contribution is -2.38. The first-order valence-corrected chi connectivity index (χ1v) is 7.34. The number of rotatable bonds is 2. The van der Waals surface area contributed by atoms with Crippen molar-refractivity contribution < 1.29 is 18.3 Å². The Labute approximate surface area is 105 Å². The van der Waals surface area contributed by atoms with Crippen LogP contribution in [0.3, 0.4) is 0 Å². The third kappa shape index (κ3) is 3.36. The minimum Gasteiger partial charge on any atom is -0.508 e. The molecule has 1 aromatic rings. The van der Waals surface area contributed by atoms with Crippen LogP contribution in [0, 0.1) is 0 Å². The summed E-state index contributed by atoms with van der Waals surface area (Å²) in [4.78, 5) is 11.6. The van der Waals surface area contributed by atoms with Crippen LogP contribution in [-0.2, 0) is 9.84 Å². The number of aromatic hydroxyl groups is 1. The second kappa shape index (κ2) is 4.85. The van der Waals surface area contributed by atoms with Gasteiger partial charge in [0.1, 0.15) is 5.75 Å². The van der Waals surface area contributed by atoms with Crippen LogP contribution in [-0.4, -0.2) is 37.1 Å². The van der Waals surface area contributed by atoms with Gasteiger partial charge in [0.05, 0.1) is 11.5 Å². The lowest BCUT2D eigenvalue weighted by atomic mass is 10.3. The third-order valence-electron chi connectivity index (χ3n) is 2.69. The van der Waals surface area contributed by atoms with Gasteiger partial charge in [0, 0.05) is 11.7 Å². The topological polar surface area (TPSA) is 95.5 Å². The van der Waals surface area contributed by atoms with Crippen molar-refractivity contribution in [1.29, 1.82) is 0 Å². The second-order valence-corrected chi connectivity index (χ2v) is 6.47. The Balaban J connectivity index is 1.88. The maximum absolute atomic E-state index is 11.6. The number of urea groups is 1. The number of phenols is 1. The minimum atomic E-state index is -3.00. The maximum Gasteiger partial charge on any atom is 0.319 e. The minimum absolute atomic E-state index is 0.00397. The van der Waals surface area contributed by atoms with Gasteiger partial charge in [0.15, 0.2) is 9.84 Å². The van der Waals surface area contributed by atoms with E-state index in [2.05, 4.69) is 10.6 Å². The fourth-order valence-electron chi connectivity index (χ4n) is 1.81. The van der Waals surface area contributed by atoms with E-state index in [4.69, 9.17) is 5.11 Å². The van der Waals surface area contributed by atoms with Gasteiger partial charge in [-0.3, -0.25) is 0 Å². The van der Waals surface area contributed by atoms with E-state index in [1.807, 2.05) is 0 Å². The molecule has 7 heteroatoms. The van der Waals surface area contributed by atoms with Crippen LogP contribution in [0.5, 0.6) is 5.75 Å². The highest BCUT2D eigenvalue weighted by molar-refractivity contribution is 7.91. The zero-order valence-electron chi connectivity index (χ0n) is 9.59. The first-order valence-electron chi connectivity index (χ1n) is 5.51. The number of hydrogen-bond donors (Lipinski definition) is 3. The molecule has 1 fully saturated rings. The predicted octanol–water partition coefficient (Wildman–Crippen LogP) is 0.701. The molecule has 1 heterocycles. The van der Waals surface area contributed by atoms with E-state index in [0.717, 1.165) is 0 Å². The highest BCUT2D eigenvalue weighted by Crippen LogP contribution is 2.14. The molecule has 1 atom stereocenters. The number of hydrogen-bond acceptors (Lipinski definition) is 4. The molecule has 3 N–H and O–H groups in total. The van der Waals surface area contributed by atoms with Gasteiger partial charge >= 0.3 is 6.03 Å². The quantitative estimate of drug-likeness (QED) is 0.689. The lowest BCUT2D eigenvalue weighted by molar-refractivity contribution is 0.249. The van der Waals surface area contributed by atoms with Crippen molar-refractivity contribution in [1.82, 2.24) is 5.32 Å². The number of nitrogens with one attached hydrogen (secondary N) is 2. The van der Waals surface area contributed by atoms with Gasteiger partial charge in [-0.1, -0.05) is 0 Å². The van der Waals surface area contributed by atoms with Crippen molar-refractivity contribution in [3.8, 4) is 5.75 Å². The monoisotopic (exact) mass is 270 g/mol. The first-order chi connectivity index (χ1) is 8.44. The average molecular weight is 270 g/mol. The summed E-state index contributed by atoms with van der Waals surface area (Å²) in [6.07, 6.45) is 0.450. The fourth-order valence-corrected chi connectivity index (χ4v) is 3.48. The van der Waals surface area contributed by atoms with Gasteiger partial charge in [-0.25, -0.2) is 13.2 Å². The molecule has 2 rings (SSSR count). The van der Waals surface area contributed by atoms with Crippen molar-refractivity contribution in [3.05, 3.63) is 24.3 Å². The molecule has 0 bridgehead atoms. The molecule has 1 aliphatic heterocycles. The second-order valence-electron chi connectivity index (χ2n) is 4.25. The highest BCUT2D eigenvalue weighted by atomic mass is 32.2. The van der Waals surface area contributed by atoms with Gasteiger partial charge in [0.25, 0.3) is 0 Å². The van der Waals surface area contributed by atoms with Gasteiger partial charge in [-0.2, -0.15) is 0 Å². The van der Waals surface area contributed by atoms with Crippen LogP contribution in [0.4, 0.5) is 10.5 Å². The largest absolute Gasteiger partial charge is 0.508 e. The molecule has 2 amide bonds. The number of amides is 2. The molecule has 1 aromatic carbocycles. The Hall–Kier alpha value is -1.76. The highest BCUT2D eigenvalue weighted by Gasteiger charge is 2.28. The Morgan fingerprint density at radius 1 is 1.28 bits per heavy atom. The number of carbonyl (C=O) groups excluding carboxylic acids is 1.